The van der Waals surface area contributed by atoms with Crippen molar-refractivity contribution in [2.75, 3.05) is 26.3 Å². The average Bonchev–Trinajstić information content (AvgIpc) is 2.47. The largest absolute Gasteiger partial charge is 0.378 e. The molecule has 1 atom stereocenters. The van der Waals surface area contributed by atoms with Gasteiger partial charge in [-0.25, -0.2) is 0 Å². The van der Waals surface area contributed by atoms with Crippen LogP contribution in [0.25, 0.3) is 0 Å². The van der Waals surface area contributed by atoms with Crippen molar-refractivity contribution in [3.8, 4) is 0 Å². The number of morpholine rings is 1. The van der Waals surface area contributed by atoms with E-state index in [9.17, 15) is 0 Å². The minimum Gasteiger partial charge on any atom is -0.378 e. The van der Waals surface area contributed by atoms with Crippen molar-refractivity contribution in [2.24, 2.45) is 5.92 Å². The molecule has 1 aliphatic rings. The van der Waals surface area contributed by atoms with Crippen LogP contribution in [0.1, 0.15) is 38.8 Å². The lowest BCUT2D eigenvalue weighted by molar-refractivity contribution is 0.0673. The highest BCUT2D eigenvalue weighted by molar-refractivity contribution is 7.80. The Morgan fingerprint density at radius 3 is 2.29 bits per heavy atom. The van der Waals surface area contributed by atoms with E-state index in [0.29, 0.717) is 5.92 Å². The molecule has 1 aromatic rings. The number of hydrogen-bond donors (Lipinski definition) is 0. The number of rotatable bonds is 3. The van der Waals surface area contributed by atoms with Crippen LogP contribution in [0.2, 0.25) is 0 Å². The average molecular weight is 305 g/mol. The standard InChI is InChI=1S/C18H27NOS/c1-14(17(21)19-9-11-20-12-10-19)13-15-5-7-16(8-6-15)18(2,3)4/h5-8,14H,9-13H2,1-4H3. The molecule has 0 N–H and O–H groups in total. The molecule has 3 heteroatoms. The number of ether oxygens (including phenoxy) is 1. The first-order chi connectivity index (χ1) is 9.88. The van der Waals surface area contributed by atoms with Gasteiger partial charge in [0, 0.05) is 19.0 Å². The summed E-state index contributed by atoms with van der Waals surface area (Å²) in [7, 11) is 0. The van der Waals surface area contributed by atoms with Crippen molar-refractivity contribution in [1.29, 1.82) is 0 Å². The van der Waals surface area contributed by atoms with Gasteiger partial charge in [-0.2, -0.15) is 0 Å². The summed E-state index contributed by atoms with van der Waals surface area (Å²) in [6.07, 6.45) is 1.01. The Morgan fingerprint density at radius 2 is 1.76 bits per heavy atom. The van der Waals surface area contributed by atoms with Crippen LogP contribution in [0.3, 0.4) is 0 Å². The lowest BCUT2D eigenvalue weighted by Crippen LogP contribution is -2.42. The Kier molecular flexibility index (Phi) is 5.39. The van der Waals surface area contributed by atoms with E-state index in [4.69, 9.17) is 17.0 Å². The van der Waals surface area contributed by atoms with Crippen LogP contribution in [0.5, 0.6) is 0 Å². The zero-order valence-electron chi connectivity index (χ0n) is 13.7. The fraction of sp³-hybridized carbons (Fsp3) is 0.611. The molecule has 116 valence electrons. The minimum atomic E-state index is 0.216. The number of nitrogens with zero attached hydrogens (tertiary/aromatic N) is 1. The molecule has 0 amide bonds. The lowest BCUT2D eigenvalue weighted by atomic mass is 9.86. The maximum absolute atomic E-state index is 5.65. The summed E-state index contributed by atoms with van der Waals surface area (Å²) in [6.45, 7) is 12.4. The van der Waals surface area contributed by atoms with Gasteiger partial charge in [-0.15, -0.1) is 0 Å². The third-order valence-electron chi connectivity index (χ3n) is 4.11. The molecule has 1 aliphatic heterocycles. The molecule has 0 bridgehead atoms. The first kappa shape index (κ1) is 16.4. The van der Waals surface area contributed by atoms with Gasteiger partial charge in [0.2, 0.25) is 0 Å². The Balaban J connectivity index is 1.95. The van der Waals surface area contributed by atoms with Gasteiger partial charge in [-0.1, -0.05) is 64.2 Å². The van der Waals surface area contributed by atoms with Gasteiger partial charge in [0.15, 0.2) is 0 Å². The topological polar surface area (TPSA) is 12.5 Å². The third-order valence-corrected chi connectivity index (χ3v) is 4.77. The van der Waals surface area contributed by atoms with Crippen molar-refractivity contribution in [2.45, 2.75) is 39.5 Å². The second-order valence-electron chi connectivity index (χ2n) is 6.99. The zero-order valence-corrected chi connectivity index (χ0v) is 14.5. The van der Waals surface area contributed by atoms with Crippen LogP contribution in [-0.4, -0.2) is 36.2 Å². The molecular weight excluding hydrogens is 278 g/mol. The molecule has 0 aliphatic carbocycles. The van der Waals surface area contributed by atoms with Crippen molar-refractivity contribution >= 4 is 17.2 Å². The Bertz CT molecular complexity index is 469. The van der Waals surface area contributed by atoms with E-state index >= 15 is 0 Å². The molecule has 21 heavy (non-hydrogen) atoms. The summed E-state index contributed by atoms with van der Waals surface area (Å²) in [5.41, 5.74) is 2.97. The van der Waals surface area contributed by atoms with Crippen LogP contribution in [0.15, 0.2) is 24.3 Å². The molecular formula is C18H27NOS. The Hall–Kier alpha value is -0.930. The van der Waals surface area contributed by atoms with Gasteiger partial charge >= 0.3 is 0 Å². The van der Waals surface area contributed by atoms with Gasteiger partial charge in [-0.05, 0) is 23.0 Å². The fourth-order valence-corrected chi connectivity index (χ4v) is 2.94. The summed E-state index contributed by atoms with van der Waals surface area (Å²) >= 11 is 5.65. The highest BCUT2D eigenvalue weighted by Crippen LogP contribution is 2.23. The van der Waals surface area contributed by atoms with Gasteiger partial charge in [0.1, 0.15) is 0 Å². The van der Waals surface area contributed by atoms with E-state index in [0.717, 1.165) is 37.7 Å². The highest BCUT2D eigenvalue weighted by Gasteiger charge is 2.19. The minimum absolute atomic E-state index is 0.216. The zero-order chi connectivity index (χ0) is 15.5. The summed E-state index contributed by atoms with van der Waals surface area (Å²) in [5.74, 6) is 0.401. The lowest BCUT2D eigenvalue weighted by Gasteiger charge is -2.32. The molecule has 1 saturated heterocycles. The van der Waals surface area contributed by atoms with Crippen LogP contribution in [-0.2, 0) is 16.6 Å². The third kappa shape index (κ3) is 4.52. The molecule has 1 aromatic carbocycles. The summed E-state index contributed by atoms with van der Waals surface area (Å²) < 4.78 is 5.39. The molecule has 0 aromatic heterocycles. The van der Waals surface area contributed by atoms with Crippen LogP contribution in [0.4, 0.5) is 0 Å². The number of thiocarbonyl (C=S) groups is 1. The number of benzene rings is 1. The van der Waals surface area contributed by atoms with E-state index in [1.54, 1.807) is 0 Å². The quantitative estimate of drug-likeness (QED) is 0.788. The van der Waals surface area contributed by atoms with Gasteiger partial charge < -0.3 is 9.64 Å². The molecule has 2 nitrogen and oxygen atoms in total. The maximum atomic E-state index is 5.65. The normalized spacial score (nSPS) is 17.6. The van der Waals surface area contributed by atoms with Crippen molar-refractivity contribution in [3.05, 3.63) is 35.4 Å². The number of hydrogen-bond acceptors (Lipinski definition) is 2. The SMILES string of the molecule is CC(Cc1ccc(C(C)(C)C)cc1)C(=S)N1CCOCC1. The van der Waals surface area contributed by atoms with Gasteiger partial charge in [0.05, 0.1) is 18.2 Å². The second-order valence-corrected chi connectivity index (χ2v) is 7.41. The van der Waals surface area contributed by atoms with Gasteiger partial charge in [-0.3, -0.25) is 0 Å². The van der Waals surface area contributed by atoms with E-state index in [1.807, 2.05) is 0 Å². The fourth-order valence-electron chi connectivity index (χ4n) is 2.68. The molecule has 1 unspecified atom stereocenters. The van der Waals surface area contributed by atoms with Crippen molar-refractivity contribution < 1.29 is 4.74 Å². The maximum Gasteiger partial charge on any atom is 0.0812 e. The van der Waals surface area contributed by atoms with Crippen molar-refractivity contribution in [1.82, 2.24) is 4.90 Å². The first-order valence-corrected chi connectivity index (χ1v) is 8.24. The van der Waals surface area contributed by atoms with Crippen LogP contribution < -0.4 is 0 Å². The summed E-state index contributed by atoms with van der Waals surface area (Å²) in [4.78, 5) is 3.38. The first-order valence-electron chi connectivity index (χ1n) is 7.84. The Morgan fingerprint density at radius 1 is 1.19 bits per heavy atom. The molecule has 0 saturated carbocycles. The van der Waals surface area contributed by atoms with Crippen LogP contribution >= 0.6 is 12.2 Å². The van der Waals surface area contributed by atoms with E-state index in [1.165, 1.54) is 11.1 Å². The van der Waals surface area contributed by atoms with E-state index < -0.39 is 0 Å². The van der Waals surface area contributed by atoms with Crippen molar-refractivity contribution in [3.63, 3.8) is 0 Å². The molecule has 1 fully saturated rings. The smallest absolute Gasteiger partial charge is 0.0812 e. The van der Waals surface area contributed by atoms with Crippen LogP contribution in [0, 0.1) is 5.92 Å². The predicted octanol–water partition coefficient (Wildman–Crippen LogP) is 3.82. The van der Waals surface area contributed by atoms with E-state index in [-0.39, 0.29) is 5.41 Å². The summed E-state index contributed by atoms with van der Waals surface area (Å²) in [6, 6.07) is 9.00. The Labute approximate surface area is 134 Å². The molecule has 2 rings (SSSR count). The second kappa shape index (κ2) is 6.89. The highest BCUT2D eigenvalue weighted by atomic mass is 32.1. The predicted molar refractivity (Wildman–Crippen MR) is 93.0 cm³/mol. The molecule has 1 heterocycles. The molecule has 0 spiro atoms. The monoisotopic (exact) mass is 305 g/mol. The van der Waals surface area contributed by atoms with E-state index in [2.05, 4.69) is 56.9 Å². The molecule has 0 radical (unpaired) electrons. The van der Waals surface area contributed by atoms with Gasteiger partial charge in [0.25, 0.3) is 0 Å². The summed E-state index contributed by atoms with van der Waals surface area (Å²) in [5, 5.41) is 0.